The van der Waals surface area contributed by atoms with Gasteiger partial charge in [0.25, 0.3) is 0 Å². The van der Waals surface area contributed by atoms with Gasteiger partial charge in [-0.3, -0.25) is 0 Å². The zero-order valence-corrected chi connectivity index (χ0v) is 13.3. The summed E-state index contributed by atoms with van der Waals surface area (Å²) in [5.41, 5.74) is 1.01. The Bertz CT molecular complexity index is 555. The number of nitrogens with zero attached hydrogens (tertiary/aromatic N) is 1. The third-order valence-corrected chi connectivity index (χ3v) is 5.50. The van der Waals surface area contributed by atoms with E-state index in [-0.39, 0.29) is 0 Å². The van der Waals surface area contributed by atoms with Gasteiger partial charge in [-0.25, -0.2) is 8.42 Å². The number of sulfonamides is 1. The number of benzene rings is 1. The lowest BCUT2D eigenvalue weighted by molar-refractivity contribution is 0.464. The van der Waals surface area contributed by atoms with E-state index in [1.807, 2.05) is 12.1 Å². The molecule has 1 aliphatic rings. The molecule has 0 aromatic heterocycles. The lowest BCUT2D eigenvalue weighted by atomic mass is 10.2. The Balaban J connectivity index is 2.17. The normalized spacial score (nSPS) is 20.7. The maximum Gasteiger partial charge on any atom is 0.243 e. The van der Waals surface area contributed by atoms with E-state index in [2.05, 4.69) is 26.1 Å². The quantitative estimate of drug-likeness (QED) is 0.906. The SMILES string of the molecule is CC1CCN(S(=O)(=O)c2cccc(CNC(C)C)c2)C1. The summed E-state index contributed by atoms with van der Waals surface area (Å²) in [7, 11) is -3.33. The molecular formula is C15H24N2O2S. The maximum absolute atomic E-state index is 12.6. The highest BCUT2D eigenvalue weighted by atomic mass is 32.2. The summed E-state index contributed by atoms with van der Waals surface area (Å²) in [4.78, 5) is 0.412. The van der Waals surface area contributed by atoms with E-state index >= 15 is 0 Å². The van der Waals surface area contributed by atoms with Crippen LogP contribution in [-0.4, -0.2) is 31.9 Å². The van der Waals surface area contributed by atoms with Crippen LogP contribution < -0.4 is 5.32 Å². The molecule has 1 aromatic carbocycles. The molecule has 1 N–H and O–H groups in total. The molecule has 1 saturated heterocycles. The Hall–Kier alpha value is -0.910. The van der Waals surface area contributed by atoms with Gasteiger partial charge in [0.1, 0.15) is 0 Å². The summed E-state index contributed by atoms with van der Waals surface area (Å²) >= 11 is 0. The van der Waals surface area contributed by atoms with Crippen molar-refractivity contribution in [1.82, 2.24) is 9.62 Å². The van der Waals surface area contributed by atoms with Crippen molar-refractivity contribution in [3.63, 3.8) is 0 Å². The molecule has 4 nitrogen and oxygen atoms in total. The Labute approximate surface area is 122 Å². The van der Waals surface area contributed by atoms with Crippen LogP contribution in [0.15, 0.2) is 29.2 Å². The minimum atomic E-state index is -3.33. The highest BCUT2D eigenvalue weighted by molar-refractivity contribution is 7.89. The molecule has 1 unspecified atom stereocenters. The van der Waals surface area contributed by atoms with Gasteiger partial charge >= 0.3 is 0 Å². The topological polar surface area (TPSA) is 49.4 Å². The monoisotopic (exact) mass is 296 g/mol. The van der Waals surface area contributed by atoms with Crippen molar-refractivity contribution in [1.29, 1.82) is 0 Å². The van der Waals surface area contributed by atoms with E-state index in [0.29, 0.717) is 36.5 Å². The summed E-state index contributed by atoms with van der Waals surface area (Å²) in [5.74, 6) is 0.454. The maximum atomic E-state index is 12.6. The van der Waals surface area contributed by atoms with E-state index in [0.717, 1.165) is 12.0 Å². The van der Waals surface area contributed by atoms with Crippen LogP contribution in [0.5, 0.6) is 0 Å². The van der Waals surface area contributed by atoms with Crippen LogP contribution in [0, 0.1) is 5.92 Å². The highest BCUT2D eigenvalue weighted by Gasteiger charge is 2.30. The first kappa shape index (κ1) is 15.5. The minimum absolute atomic E-state index is 0.384. The van der Waals surface area contributed by atoms with Gasteiger partial charge in [-0.05, 0) is 30.0 Å². The van der Waals surface area contributed by atoms with Crippen LogP contribution in [0.25, 0.3) is 0 Å². The average Bonchev–Trinajstić information content (AvgIpc) is 2.84. The summed E-state index contributed by atoms with van der Waals surface area (Å²) in [6.07, 6.45) is 0.952. The lowest BCUT2D eigenvalue weighted by Crippen LogP contribution is -2.29. The van der Waals surface area contributed by atoms with Gasteiger partial charge in [0.15, 0.2) is 0 Å². The number of hydrogen-bond donors (Lipinski definition) is 1. The van der Waals surface area contributed by atoms with Gasteiger partial charge in [0.05, 0.1) is 4.90 Å². The molecule has 0 bridgehead atoms. The molecule has 2 rings (SSSR count). The Morgan fingerprint density at radius 2 is 2.15 bits per heavy atom. The molecule has 0 aliphatic carbocycles. The van der Waals surface area contributed by atoms with Gasteiger partial charge in [0.2, 0.25) is 10.0 Å². The molecule has 20 heavy (non-hydrogen) atoms. The van der Waals surface area contributed by atoms with E-state index in [1.54, 1.807) is 16.4 Å². The van der Waals surface area contributed by atoms with E-state index in [4.69, 9.17) is 0 Å². The zero-order chi connectivity index (χ0) is 14.8. The van der Waals surface area contributed by atoms with E-state index in [9.17, 15) is 8.42 Å². The van der Waals surface area contributed by atoms with Crippen LogP contribution in [0.1, 0.15) is 32.8 Å². The molecule has 5 heteroatoms. The molecule has 1 fully saturated rings. The summed E-state index contributed by atoms with van der Waals surface area (Å²) in [6.45, 7) is 8.21. The van der Waals surface area contributed by atoms with Gasteiger partial charge in [-0.15, -0.1) is 0 Å². The molecule has 1 aromatic rings. The number of hydrogen-bond acceptors (Lipinski definition) is 3. The van der Waals surface area contributed by atoms with Crippen LogP contribution in [0.2, 0.25) is 0 Å². The number of nitrogens with one attached hydrogen (secondary N) is 1. The Morgan fingerprint density at radius 3 is 2.75 bits per heavy atom. The third-order valence-electron chi connectivity index (χ3n) is 3.64. The average molecular weight is 296 g/mol. The predicted molar refractivity (Wildman–Crippen MR) is 81.0 cm³/mol. The first-order valence-corrected chi connectivity index (χ1v) is 8.66. The van der Waals surface area contributed by atoms with Gasteiger partial charge in [-0.1, -0.05) is 32.9 Å². The Kier molecular flexibility index (Phi) is 4.83. The van der Waals surface area contributed by atoms with Crippen LogP contribution in [0.3, 0.4) is 0 Å². The van der Waals surface area contributed by atoms with Crippen molar-refractivity contribution < 1.29 is 8.42 Å². The molecule has 1 atom stereocenters. The zero-order valence-electron chi connectivity index (χ0n) is 12.5. The van der Waals surface area contributed by atoms with E-state index < -0.39 is 10.0 Å². The fraction of sp³-hybridized carbons (Fsp3) is 0.600. The van der Waals surface area contributed by atoms with Crippen LogP contribution in [0.4, 0.5) is 0 Å². The summed E-state index contributed by atoms with van der Waals surface area (Å²) in [5, 5.41) is 3.31. The summed E-state index contributed by atoms with van der Waals surface area (Å²) < 4.78 is 26.8. The second kappa shape index (κ2) is 6.24. The lowest BCUT2D eigenvalue weighted by Gasteiger charge is -2.17. The first-order chi connectivity index (χ1) is 9.39. The second-order valence-electron chi connectivity index (χ2n) is 5.94. The van der Waals surface area contributed by atoms with Gasteiger partial charge in [0, 0.05) is 25.7 Å². The molecule has 1 aliphatic heterocycles. The molecule has 0 saturated carbocycles. The standard InChI is InChI=1S/C15H24N2O2S/c1-12(2)16-10-14-5-4-6-15(9-14)20(18,19)17-8-7-13(3)11-17/h4-6,9,12-13,16H,7-8,10-11H2,1-3H3. The van der Waals surface area contributed by atoms with Crippen molar-refractivity contribution in [3.05, 3.63) is 29.8 Å². The molecular weight excluding hydrogens is 272 g/mol. The number of rotatable bonds is 5. The van der Waals surface area contributed by atoms with Crippen molar-refractivity contribution >= 4 is 10.0 Å². The first-order valence-electron chi connectivity index (χ1n) is 7.22. The molecule has 0 radical (unpaired) electrons. The van der Waals surface area contributed by atoms with Crippen molar-refractivity contribution in [3.8, 4) is 0 Å². The van der Waals surface area contributed by atoms with Gasteiger partial charge < -0.3 is 5.32 Å². The van der Waals surface area contributed by atoms with Gasteiger partial charge in [-0.2, -0.15) is 4.31 Å². The fourth-order valence-corrected chi connectivity index (χ4v) is 4.05. The summed E-state index contributed by atoms with van der Waals surface area (Å²) in [6, 6.07) is 7.64. The van der Waals surface area contributed by atoms with Crippen molar-refractivity contribution in [2.24, 2.45) is 5.92 Å². The molecule has 0 spiro atoms. The van der Waals surface area contributed by atoms with Crippen molar-refractivity contribution in [2.45, 2.75) is 44.7 Å². The molecule has 0 amide bonds. The Morgan fingerprint density at radius 1 is 1.40 bits per heavy atom. The second-order valence-corrected chi connectivity index (χ2v) is 7.88. The minimum Gasteiger partial charge on any atom is -0.310 e. The van der Waals surface area contributed by atoms with E-state index in [1.165, 1.54) is 0 Å². The largest absolute Gasteiger partial charge is 0.310 e. The predicted octanol–water partition coefficient (Wildman–Crippen LogP) is 2.22. The molecule has 112 valence electrons. The highest BCUT2D eigenvalue weighted by Crippen LogP contribution is 2.24. The smallest absolute Gasteiger partial charge is 0.243 e. The van der Waals surface area contributed by atoms with Crippen LogP contribution >= 0.6 is 0 Å². The molecule has 1 heterocycles. The third kappa shape index (κ3) is 3.59. The van der Waals surface area contributed by atoms with Crippen molar-refractivity contribution in [2.75, 3.05) is 13.1 Å². The van der Waals surface area contributed by atoms with Crippen LogP contribution in [-0.2, 0) is 16.6 Å². The fourth-order valence-electron chi connectivity index (χ4n) is 2.40.